The standard InChI is InChI=1S/C23H28N5O5/c1-14(2)21(22(30)24-17-6-8-18(9-7-17)28(32)33)25-23(31)26-11-15-10-16(13-26)19-4-3-5-20(29)27(19)12-15/h3-9,14-16,21,32H,10-13H2,1-2H3,(H,24,30)(H,25,31)/q-1/t15-,16+,21+/m1/s1. The Morgan fingerprint density at radius 1 is 1.12 bits per heavy atom. The summed E-state index contributed by atoms with van der Waals surface area (Å²) in [7, 11) is 0. The second-order valence-corrected chi connectivity index (χ2v) is 9.08. The summed E-state index contributed by atoms with van der Waals surface area (Å²) in [5.41, 5.74) is 1.44. The minimum Gasteiger partial charge on any atom is -0.733 e. The number of pyridine rings is 1. The lowest BCUT2D eigenvalue weighted by Crippen LogP contribution is -2.56. The fraction of sp³-hybridized carbons (Fsp3) is 0.435. The minimum absolute atomic E-state index is 0.00775. The van der Waals surface area contributed by atoms with Gasteiger partial charge in [0.1, 0.15) is 6.04 Å². The van der Waals surface area contributed by atoms with E-state index in [2.05, 4.69) is 10.6 Å². The number of benzene rings is 1. The molecule has 3 amide bonds. The fourth-order valence-corrected chi connectivity index (χ4v) is 4.71. The molecule has 33 heavy (non-hydrogen) atoms. The average molecular weight is 455 g/mol. The van der Waals surface area contributed by atoms with Gasteiger partial charge in [0.25, 0.3) is 5.56 Å². The van der Waals surface area contributed by atoms with E-state index in [1.165, 1.54) is 24.3 Å². The minimum atomic E-state index is -0.761. The van der Waals surface area contributed by atoms with Gasteiger partial charge in [-0.15, -0.1) is 0 Å². The number of aromatic nitrogens is 1. The summed E-state index contributed by atoms with van der Waals surface area (Å²) in [6.07, 6.45) is 0.936. The maximum atomic E-state index is 13.1. The summed E-state index contributed by atoms with van der Waals surface area (Å²) in [4.78, 5) is 39.9. The number of piperidine rings is 1. The molecule has 2 aliphatic rings. The van der Waals surface area contributed by atoms with Crippen molar-refractivity contribution in [1.82, 2.24) is 14.8 Å². The third kappa shape index (κ3) is 4.86. The van der Waals surface area contributed by atoms with Gasteiger partial charge in [0.15, 0.2) is 0 Å². The number of hydrogen-bond donors (Lipinski definition) is 3. The van der Waals surface area contributed by atoms with E-state index in [-0.39, 0.29) is 46.2 Å². The molecule has 176 valence electrons. The molecule has 0 saturated carbocycles. The van der Waals surface area contributed by atoms with E-state index in [1.54, 1.807) is 17.0 Å². The van der Waals surface area contributed by atoms with E-state index >= 15 is 0 Å². The van der Waals surface area contributed by atoms with Gasteiger partial charge < -0.3 is 30.5 Å². The van der Waals surface area contributed by atoms with Crippen LogP contribution in [0.1, 0.15) is 31.9 Å². The first-order valence-corrected chi connectivity index (χ1v) is 11.0. The molecule has 3 heterocycles. The number of carbonyl (C=O) groups is 2. The first kappa shape index (κ1) is 22.8. The largest absolute Gasteiger partial charge is 0.733 e. The summed E-state index contributed by atoms with van der Waals surface area (Å²) in [5.74, 6) is -0.247. The molecule has 2 aliphatic heterocycles. The van der Waals surface area contributed by atoms with Gasteiger partial charge >= 0.3 is 6.03 Å². The Balaban J connectivity index is 1.42. The Bertz CT molecular complexity index is 1080. The van der Waals surface area contributed by atoms with Gasteiger partial charge in [-0.05, 0) is 48.6 Å². The van der Waals surface area contributed by atoms with Gasteiger partial charge in [-0.1, -0.05) is 19.9 Å². The zero-order chi connectivity index (χ0) is 23.7. The molecular formula is C23H28N5O5-. The molecule has 1 aromatic carbocycles. The monoisotopic (exact) mass is 454 g/mol. The Hall–Kier alpha value is -3.37. The number of amides is 3. The number of urea groups is 1. The van der Waals surface area contributed by atoms with Crippen LogP contribution in [0.3, 0.4) is 0 Å². The van der Waals surface area contributed by atoms with Crippen LogP contribution in [0, 0.1) is 17.0 Å². The quantitative estimate of drug-likeness (QED) is 0.595. The van der Waals surface area contributed by atoms with E-state index in [9.17, 15) is 19.6 Å². The molecule has 1 saturated heterocycles. The molecule has 1 fully saturated rings. The summed E-state index contributed by atoms with van der Waals surface area (Å²) >= 11 is 0. The van der Waals surface area contributed by atoms with Crippen LogP contribution in [0.4, 0.5) is 16.2 Å². The predicted octanol–water partition coefficient (Wildman–Crippen LogP) is 2.33. The summed E-state index contributed by atoms with van der Waals surface area (Å²) in [5, 5.41) is 25.2. The predicted molar refractivity (Wildman–Crippen MR) is 123 cm³/mol. The number of fused-ring (bicyclic) bond motifs is 4. The van der Waals surface area contributed by atoms with Crippen LogP contribution in [-0.2, 0) is 11.3 Å². The number of anilines is 2. The molecule has 0 spiro atoms. The highest BCUT2D eigenvalue weighted by Gasteiger charge is 2.37. The Morgan fingerprint density at radius 2 is 1.85 bits per heavy atom. The van der Waals surface area contributed by atoms with E-state index in [0.29, 0.717) is 25.3 Å². The molecule has 2 aromatic rings. The second-order valence-electron chi connectivity index (χ2n) is 9.08. The number of nitrogens with zero attached hydrogens (tertiary/aromatic N) is 3. The summed E-state index contributed by atoms with van der Waals surface area (Å²) < 4.78 is 1.81. The highest BCUT2D eigenvalue weighted by atomic mass is 16.8. The third-order valence-electron chi connectivity index (χ3n) is 6.35. The van der Waals surface area contributed by atoms with Crippen LogP contribution in [0.2, 0.25) is 0 Å². The van der Waals surface area contributed by atoms with Crippen LogP contribution in [-0.4, -0.2) is 45.7 Å². The first-order valence-electron chi connectivity index (χ1n) is 11.0. The van der Waals surface area contributed by atoms with Crippen molar-refractivity contribution in [3.05, 3.63) is 63.7 Å². The first-order chi connectivity index (χ1) is 15.7. The Morgan fingerprint density at radius 3 is 2.52 bits per heavy atom. The molecule has 1 aromatic heterocycles. The molecule has 0 unspecified atom stereocenters. The lowest BCUT2D eigenvalue weighted by Gasteiger charge is -2.43. The molecule has 10 heteroatoms. The van der Waals surface area contributed by atoms with Crippen molar-refractivity contribution in [3.8, 4) is 0 Å². The topological polar surface area (TPSA) is 130 Å². The van der Waals surface area contributed by atoms with Crippen LogP contribution >= 0.6 is 0 Å². The number of carbonyl (C=O) groups excluding carboxylic acids is 2. The molecule has 0 aliphatic carbocycles. The normalized spacial score (nSPS) is 20.1. The lowest BCUT2D eigenvalue weighted by molar-refractivity contribution is -0.118. The van der Waals surface area contributed by atoms with E-state index in [1.807, 2.05) is 24.5 Å². The molecular weight excluding hydrogens is 426 g/mol. The maximum absolute atomic E-state index is 13.1. The van der Waals surface area contributed by atoms with Crippen molar-refractivity contribution in [2.24, 2.45) is 11.8 Å². The van der Waals surface area contributed by atoms with Crippen LogP contribution in [0.5, 0.6) is 0 Å². The summed E-state index contributed by atoms with van der Waals surface area (Å²) in [6.45, 7) is 5.31. The van der Waals surface area contributed by atoms with E-state index in [0.717, 1.165) is 12.1 Å². The molecule has 2 bridgehead atoms. The van der Waals surface area contributed by atoms with E-state index in [4.69, 9.17) is 5.21 Å². The van der Waals surface area contributed by atoms with Crippen LogP contribution < -0.4 is 21.4 Å². The number of nitrogens with one attached hydrogen (secondary N) is 2. The maximum Gasteiger partial charge on any atom is 0.318 e. The van der Waals surface area contributed by atoms with Crippen molar-refractivity contribution in [3.63, 3.8) is 0 Å². The van der Waals surface area contributed by atoms with Crippen molar-refractivity contribution >= 4 is 23.3 Å². The van der Waals surface area contributed by atoms with Gasteiger partial charge in [-0.3, -0.25) is 14.8 Å². The average Bonchev–Trinajstić information content (AvgIpc) is 2.78. The number of likely N-dealkylation sites (tertiary alicyclic amines) is 1. The Kier molecular flexibility index (Phi) is 6.39. The Labute approximate surface area is 191 Å². The molecule has 3 N–H and O–H groups in total. The SMILES string of the molecule is CC(C)[C@H](NC(=O)N1C[C@H]2C[C@@H](C1)c1cccc(=O)n1C2)C(=O)Nc1ccc(N([O-])O)cc1. The van der Waals surface area contributed by atoms with Crippen molar-refractivity contribution in [2.75, 3.05) is 23.6 Å². The summed E-state index contributed by atoms with van der Waals surface area (Å²) in [6, 6.07) is 9.96. The molecule has 10 nitrogen and oxygen atoms in total. The lowest BCUT2D eigenvalue weighted by atomic mass is 9.83. The molecule has 0 radical (unpaired) electrons. The zero-order valence-electron chi connectivity index (χ0n) is 18.6. The molecule has 4 rings (SSSR count). The van der Waals surface area contributed by atoms with Gasteiger partial charge in [0.2, 0.25) is 5.91 Å². The smallest absolute Gasteiger partial charge is 0.318 e. The second kappa shape index (κ2) is 9.24. The van der Waals surface area contributed by atoms with Gasteiger partial charge in [0, 0.05) is 43.0 Å². The van der Waals surface area contributed by atoms with Crippen molar-refractivity contribution < 1.29 is 14.8 Å². The number of rotatable bonds is 5. The van der Waals surface area contributed by atoms with Gasteiger partial charge in [-0.2, -0.15) is 0 Å². The van der Waals surface area contributed by atoms with Crippen molar-refractivity contribution in [2.45, 2.75) is 38.8 Å². The highest BCUT2D eigenvalue weighted by Crippen LogP contribution is 2.35. The van der Waals surface area contributed by atoms with Crippen LogP contribution in [0.25, 0.3) is 0 Å². The van der Waals surface area contributed by atoms with E-state index < -0.39 is 6.04 Å². The van der Waals surface area contributed by atoms with Gasteiger partial charge in [0.05, 0.1) is 5.69 Å². The zero-order valence-corrected chi connectivity index (χ0v) is 18.6. The molecule has 3 atom stereocenters. The third-order valence-corrected chi connectivity index (χ3v) is 6.35. The van der Waals surface area contributed by atoms with Crippen molar-refractivity contribution in [1.29, 1.82) is 0 Å². The highest BCUT2D eigenvalue weighted by molar-refractivity contribution is 5.97. The fourth-order valence-electron chi connectivity index (χ4n) is 4.71. The van der Waals surface area contributed by atoms with Crippen LogP contribution in [0.15, 0.2) is 47.3 Å². The van der Waals surface area contributed by atoms with Gasteiger partial charge in [-0.25, -0.2) is 4.79 Å². The number of hydrogen-bond acceptors (Lipinski definition) is 6.